The maximum absolute atomic E-state index is 11.3. The molecule has 80 valence electrons. The fourth-order valence-electron chi connectivity index (χ4n) is 1.42. The van der Waals surface area contributed by atoms with Crippen LogP contribution in [-0.4, -0.2) is 5.88 Å². The lowest BCUT2D eigenvalue weighted by Gasteiger charge is -1.97. The Morgan fingerprint density at radius 1 is 1.31 bits per heavy atom. The average molecular weight is 233 g/mol. The topological polar surface area (TPSA) is 30.2 Å². The highest BCUT2D eigenvalue weighted by molar-refractivity contribution is 6.18. The molecule has 2 aromatic rings. The Hall–Kier alpha value is -1.72. The van der Waals surface area contributed by atoms with E-state index in [2.05, 4.69) is 11.8 Å². The predicted molar refractivity (Wildman–Crippen MR) is 64.7 cm³/mol. The Bertz CT molecular complexity index is 617. The highest BCUT2D eigenvalue weighted by Crippen LogP contribution is 2.15. The molecule has 0 N–H and O–H groups in total. The van der Waals surface area contributed by atoms with Gasteiger partial charge in [0, 0.05) is 29.3 Å². The molecule has 3 heteroatoms. The zero-order chi connectivity index (χ0) is 11.4. The summed E-state index contributed by atoms with van der Waals surface area (Å²) in [5, 5.41) is 0.851. The van der Waals surface area contributed by atoms with Crippen molar-refractivity contribution in [2.75, 3.05) is 5.88 Å². The van der Waals surface area contributed by atoms with Gasteiger partial charge in [-0.15, -0.1) is 11.6 Å². The van der Waals surface area contributed by atoms with Gasteiger partial charge in [-0.2, -0.15) is 0 Å². The SMILES string of the molecule is O=c1cc(C#CCCCl)c2ccccc2o1. The first-order valence-corrected chi connectivity index (χ1v) is 5.42. The number of fused-ring (bicyclic) bond motifs is 1. The standard InChI is InChI=1S/C13H9ClO2/c14-8-4-3-5-10-9-13(15)16-12-7-2-1-6-11(10)12/h1-2,6-7,9H,4,8H2. The fourth-order valence-corrected chi connectivity index (χ4v) is 1.51. The first-order chi connectivity index (χ1) is 7.81. The minimum Gasteiger partial charge on any atom is -0.423 e. The molecule has 0 radical (unpaired) electrons. The molecule has 0 amide bonds. The Morgan fingerprint density at radius 2 is 2.12 bits per heavy atom. The van der Waals surface area contributed by atoms with E-state index in [1.807, 2.05) is 18.2 Å². The van der Waals surface area contributed by atoms with Crippen LogP contribution in [0.3, 0.4) is 0 Å². The van der Waals surface area contributed by atoms with E-state index in [1.165, 1.54) is 6.07 Å². The molecule has 0 fully saturated rings. The molecule has 0 atom stereocenters. The van der Waals surface area contributed by atoms with Crippen molar-refractivity contribution in [2.24, 2.45) is 0 Å². The third kappa shape index (κ3) is 2.26. The van der Waals surface area contributed by atoms with Crippen LogP contribution in [0.5, 0.6) is 0 Å². The minimum atomic E-state index is -0.381. The molecular formula is C13H9ClO2. The van der Waals surface area contributed by atoms with Gasteiger partial charge in [-0.25, -0.2) is 4.79 Å². The van der Waals surface area contributed by atoms with Crippen LogP contribution in [-0.2, 0) is 0 Å². The van der Waals surface area contributed by atoms with Crippen LogP contribution in [0.1, 0.15) is 12.0 Å². The highest BCUT2D eigenvalue weighted by atomic mass is 35.5. The van der Waals surface area contributed by atoms with Crippen molar-refractivity contribution < 1.29 is 4.42 Å². The number of halogens is 1. The van der Waals surface area contributed by atoms with Crippen molar-refractivity contribution in [3.63, 3.8) is 0 Å². The van der Waals surface area contributed by atoms with Crippen molar-refractivity contribution in [1.82, 2.24) is 0 Å². The van der Waals surface area contributed by atoms with E-state index in [9.17, 15) is 4.79 Å². The lowest BCUT2D eigenvalue weighted by atomic mass is 10.1. The van der Waals surface area contributed by atoms with E-state index >= 15 is 0 Å². The van der Waals surface area contributed by atoms with E-state index in [1.54, 1.807) is 6.07 Å². The first-order valence-electron chi connectivity index (χ1n) is 4.89. The van der Waals surface area contributed by atoms with E-state index < -0.39 is 0 Å². The lowest BCUT2D eigenvalue weighted by molar-refractivity contribution is 0.560. The van der Waals surface area contributed by atoms with Crippen LogP contribution in [0.25, 0.3) is 11.0 Å². The maximum Gasteiger partial charge on any atom is 0.337 e. The average Bonchev–Trinajstić information content (AvgIpc) is 2.29. The van der Waals surface area contributed by atoms with Crippen LogP contribution >= 0.6 is 11.6 Å². The second-order valence-electron chi connectivity index (χ2n) is 3.22. The number of para-hydroxylation sites is 1. The summed E-state index contributed by atoms with van der Waals surface area (Å²) in [6, 6.07) is 8.74. The first kappa shape index (κ1) is 10.8. The predicted octanol–water partition coefficient (Wildman–Crippen LogP) is 2.77. The van der Waals surface area contributed by atoms with Crippen LogP contribution in [0.2, 0.25) is 0 Å². The minimum absolute atomic E-state index is 0.381. The molecular weight excluding hydrogens is 224 g/mol. The molecule has 2 nitrogen and oxygen atoms in total. The fraction of sp³-hybridized carbons (Fsp3) is 0.154. The van der Waals surface area contributed by atoms with Gasteiger partial charge in [0.2, 0.25) is 0 Å². The molecule has 2 rings (SSSR count). The second kappa shape index (κ2) is 4.87. The van der Waals surface area contributed by atoms with Gasteiger partial charge in [-0.05, 0) is 12.1 Å². The molecule has 0 unspecified atom stereocenters. The normalized spacial score (nSPS) is 9.81. The third-order valence-electron chi connectivity index (χ3n) is 2.09. The van der Waals surface area contributed by atoms with E-state index in [0.717, 1.165) is 5.39 Å². The molecule has 1 aromatic heterocycles. The zero-order valence-electron chi connectivity index (χ0n) is 8.50. The molecule has 0 aliphatic rings. The van der Waals surface area contributed by atoms with E-state index in [-0.39, 0.29) is 5.63 Å². The summed E-state index contributed by atoms with van der Waals surface area (Å²) in [4.78, 5) is 11.3. The summed E-state index contributed by atoms with van der Waals surface area (Å²) in [6.45, 7) is 0. The molecule has 16 heavy (non-hydrogen) atoms. The van der Waals surface area contributed by atoms with Gasteiger partial charge < -0.3 is 4.42 Å². The van der Waals surface area contributed by atoms with Crippen molar-refractivity contribution in [2.45, 2.75) is 6.42 Å². The van der Waals surface area contributed by atoms with Gasteiger partial charge >= 0.3 is 5.63 Å². The lowest BCUT2D eigenvalue weighted by Crippen LogP contribution is -1.98. The maximum atomic E-state index is 11.3. The molecule has 1 heterocycles. The van der Waals surface area contributed by atoms with Crippen molar-refractivity contribution in [1.29, 1.82) is 0 Å². The molecule has 0 saturated carbocycles. The van der Waals surface area contributed by atoms with E-state index in [4.69, 9.17) is 16.0 Å². The molecule has 0 aliphatic heterocycles. The molecule has 1 aromatic carbocycles. The number of rotatable bonds is 1. The van der Waals surface area contributed by atoms with E-state index in [0.29, 0.717) is 23.4 Å². The number of hydrogen-bond acceptors (Lipinski definition) is 2. The van der Waals surface area contributed by atoms with Gasteiger partial charge in [0.25, 0.3) is 0 Å². The second-order valence-corrected chi connectivity index (χ2v) is 3.59. The van der Waals surface area contributed by atoms with Gasteiger partial charge in [0.05, 0.1) is 0 Å². The van der Waals surface area contributed by atoms with Gasteiger partial charge in [-0.1, -0.05) is 24.0 Å². The summed E-state index contributed by atoms with van der Waals surface area (Å²) in [5.41, 5.74) is 0.871. The molecule has 0 aliphatic carbocycles. The summed E-state index contributed by atoms with van der Waals surface area (Å²) >= 11 is 5.53. The zero-order valence-corrected chi connectivity index (χ0v) is 9.25. The summed E-state index contributed by atoms with van der Waals surface area (Å²) in [5.74, 6) is 6.34. The molecule has 0 bridgehead atoms. The largest absolute Gasteiger partial charge is 0.423 e. The quantitative estimate of drug-likeness (QED) is 0.430. The van der Waals surface area contributed by atoms with Crippen LogP contribution < -0.4 is 5.63 Å². The van der Waals surface area contributed by atoms with Gasteiger partial charge in [0.15, 0.2) is 0 Å². The van der Waals surface area contributed by atoms with Crippen LogP contribution in [0.4, 0.5) is 0 Å². The molecule has 0 spiro atoms. The Morgan fingerprint density at radius 3 is 2.94 bits per heavy atom. The Labute approximate surface area is 97.8 Å². The van der Waals surface area contributed by atoms with Crippen molar-refractivity contribution in [3.05, 3.63) is 46.3 Å². The number of hydrogen-bond donors (Lipinski definition) is 0. The monoisotopic (exact) mass is 232 g/mol. The number of alkyl halides is 1. The van der Waals surface area contributed by atoms with Crippen molar-refractivity contribution >= 4 is 22.6 Å². The van der Waals surface area contributed by atoms with Crippen LogP contribution in [0, 0.1) is 11.8 Å². The summed E-state index contributed by atoms with van der Waals surface area (Å²) < 4.78 is 5.06. The third-order valence-corrected chi connectivity index (χ3v) is 2.28. The van der Waals surface area contributed by atoms with Crippen molar-refractivity contribution in [3.8, 4) is 11.8 Å². The van der Waals surface area contributed by atoms with Crippen LogP contribution in [0.15, 0.2) is 39.5 Å². The summed E-state index contributed by atoms with van der Waals surface area (Å²) in [6.07, 6.45) is 0.607. The Kier molecular flexibility index (Phi) is 3.28. The number of benzene rings is 1. The summed E-state index contributed by atoms with van der Waals surface area (Å²) in [7, 11) is 0. The smallest absolute Gasteiger partial charge is 0.337 e. The highest BCUT2D eigenvalue weighted by Gasteiger charge is 2.01. The van der Waals surface area contributed by atoms with Gasteiger partial charge in [0.1, 0.15) is 5.58 Å². The van der Waals surface area contributed by atoms with Gasteiger partial charge in [-0.3, -0.25) is 0 Å². The Balaban J connectivity index is 2.60. The molecule has 0 saturated heterocycles.